The van der Waals surface area contributed by atoms with Gasteiger partial charge in [-0.3, -0.25) is 9.59 Å². The molecule has 2 aromatic rings. The molecule has 2 rings (SSSR count). The Balaban J connectivity index is 1.62. The molecule has 0 radical (unpaired) electrons. The second-order valence-electron chi connectivity index (χ2n) is 12.7. The maximum absolute atomic E-state index is 12.5. The molecule has 0 bridgehead atoms. The van der Waals surface area contributed by atoms with E-state index in [2.05, 4.69) is 34.0 Å². The molecule has 0 saturated heterocycles. The van der Waals surface area contributed by atoms with Gasteiger partial charge in [0.05, 0.1) is 25.7 Å². The number of aromatic nitrogens is 4. The number of carbonyl (C=O) groups is 2. The summed E-state index contributed by atoms with van der Waals surface area (Å²) in [5.74, 6) is -0.590. The van der Waals surface area contributed by atoms with Gasteiger partial charge in [0.1, 0.15) is 11.6 Å². The van der Waals surface area contributed by atoms with Crippen LogP contribution in [0.25, 0.3) is 11.2 Å². The van der Waals surface area contributed by atoms with Crippen LogP contribution >= 0.6 is 0 Å². The topological polar surface area (TPSA) is 148 Å². The van der Waals surface area contributed by atoms with Crippen LogP contribution in [0.5, 0.6) is 0 Å². The van der Waals surface area contributed by atoms with Crippen LogP contribution in [0.3, 0.4) is 0 Å². The van der Waals surface area contributed by atoms with Gasteiger partial charge >= 0.3 is 11.9 Å². The number of anilines is 1. The number of imidazole rings is 1. The fourth-order valence-corrected chi connectivity index (χ4v) is 5.18. The highest BCUT2D eigenvalue weighted by Crippen LogP contribution is 2.17. The van der Waals surface area contributed by atoms with Crippen molar-refractivity contribution in [2.24, 2.45) is 17.6 Å². The molecule has 45 heavy (non-hydrogen) atoms. The minimum Gasteiger partial charge on any atom is -0.465 e. The highest BCUT2D eigenvalue weighted by Gasteiger charge is 2.21. The van der Waals surface area contributed by atoms with Crippen molar-refractivity contribution in [2.45, 2.75) is 143 Å². The second kappa shape index (κ2) is 23.3. The number of nitrogen functional groups attached to an aromatic ring is 1. The standard InChI is InChI=1S/C35H60N6O4/c1-4-5-6-7-8-9-10-11-12-13-14-15-16-17-18-19-20-21-31(42)45-26-29(22-23-44-34(43)32(36)28(2)3)25-41-27-39-30-24-38-35(37)40-33(30)41/h11-12,24,27-29,32H,4-10,13-23,25-26,36H2,1-3H3,(H2,37,38,40)/b12-11+/t29-,32+/m1/s1. The summed E-state index contributed by atoms with van der Waals surface area (Å²) in [5, 5.41) is 0. The van der Waals surface area contributed by atoms with Crippen LogP contribution in [0.4, 0.5) is 5.95 Å². The van der Waals surface area contributed by atoms with E-state index < -0.39 is 12.0 Å². The third-order valence-electron chi connectivity index (χ3n) is 8.22. The van der Waals surface area contributed by atoms with Gasteiger partial charge in [-0.05, 0) is 44.4 Å². The molecule has 254 valence electrons. The summed E-state index contributed by atoms with van der Waals surface area (Å²) in [6.07, 6.45) is 27.5. The molecule has 2 heterocycles. The fourth-order valence-electron chi connectivity index (χ4n) is 5.18. The summed E-state index contributed by atoms with van der Waals surface area (Å²) in [5.41, 5.74) is 12.9. The number of nitrogens with zero attached hydrogens (tertiary/aromatic N) is 4. The Kier molecular flexibility index (Phi) is 19.8. The van der Waals surface area contributed by atoms with Crippen molar-refractivity contribution in [1.82, 2.24) is 19.5 Å². The molecule has 0 aliphatic carbocycles. The van der Waals surface area contributed by atoms with Crippen molar-refractivity contribution < 1.29 is 19.1 Å². The van der Waals surface area contributed by atoms with Gasteiger partial charge in [0, 0.05) is 18.9 Å². The van der Waals surface area contributed by atoms with Crippen LogP contribution in [-0.4, -0.2) is 50.7 Å². The summed E-state index contributed by atoms with van der Waals surface area (Å²) in [6.45, 7) is 6.89. The maximum Gasteiger partial charge on any atom is 0.323 e. The van der Waals surface area contributed by atoms with Crippen molar-refractivity contribution in [2.75, 3.05) is 18.9 Å². The summed E-state index contributed by atoms with van der Waals surface area (Å²) in [7, 11) is 0. The zero-order valence-corrected chi connectivity index (χ0v) is 28.3. The Morgan fingerprint density at radius 2 is 1.51 bits per heavy atom. The first-order valence-electron chi connectivity index (χ1n) is 17.5. The molecule has 10 nitrogen and oxygen atoms in total. The third-order valence-corrected chi connectivity index (χ3v) is 8.22. The first kappa shape index (κ1) is 38.2. The van der Waals surface area contributed by atoms with Gasteiger partial charge < -0.3 is 25.5 Å². The first-order valence-corrected chi connectivity index (χ1v) is 17.5. The Hall–Kier alpha value is -3.01. The smallest absolute Gasteiger partial charge is 0.323 e. The van der Waals surface area contributed by atoms with Crippen molar-refractivity contribution in [3.8, 4) is 0 Å². The lowest BCUT2D eigenvalue weighted by Gasteiger charge is -2.19. The van der Waals surface area contributed by atoms with Gasteiger partial charge in [0.2, 0.25) is 5.95 Å². The number of fused-ring (bicyclic) bond motifs is 1. The molecular weight excluding hydrogens is 568 g/mol. The van der Waals surface area contributed by atoms with Crippen molar-refractivity contribution in [3.05, 3.63) is 24.7 Å². The molecule has 0 aromatic carbocycles. The molecule has 0 saturated carbocycles. The predicted octanol–water partition coefficient (Wildman–Crippen LogP) is 7.30. The van der Waals surface area contributed by atoms with Gasteiger partial charge in [-0.25, -0.2) is 9.97 Å². The van der Waals surface area contributed by atoms with Gasteiger partial charge in [-0.1, -0.05) is 97.1 Å². The van der Waals surface area contributed by atoms with E-state index in [1.807, 2.05) is 18.4 Å². The predicted molar refractivity (Wildman–Crippen MR) is 181 cm³/mol. The number of hydrogen-bond acceptors (Lipinski definition) is 9. The van der Waals surface area contributed by atoms with Crippen LogP contribution in [0.2, 0.25) is 0 Å². The first-order chi connectivity index (χ1) is 21.8. The zero-order chi connectivity index (χ0) is 32.7. The largest absolute Gasteiger partial charge is 0.465 e. The minimum atomic E-state index is -0.666. The number of nitrogens with two attached hydrogens (primary N) is 2. The van der Waals surface area contributed by atoms with E-state index in [0.717, 1.165) is 19.3 Å². The molecule has 0 fully saturated rings. The molecule has 4 N–H and O–H groups in total. The lowest BCUT2D eigenvalue weighted by molar-refractivity contribution is -0.149. The maximum atomic E-state index is 12.5. The van der Waals surface area contributed by atoms with Gasteiger partial charge in [0.25, 0.3) is 0 Å². The Morgan fingerprint density at radius 1 is 0.889 bits per heavy atom. The van der Waals surface area contributed by atoms with E-state index in [9.17, 15) is 9.59 Å². The van der Waals surface area contributed by atoms with E-state index in [0.29, 0.717) is 30.6 Å². The highest BCUT2D eigenvalue weighted by atomic mass is 16.5. The van der Waals surface area contributed by atoms with E-state index in [4.69, 9.17) is 20.9 Å². The van der Waals surface area contributed by atoms with Crippen molar-refractivity contribution >= 4 is 29.1 Å². The second-order valence-corrected chi connectivity index (χ2v) is 12.7. The van der Waals surface area contributed by atoms with E-state index in [1.54, 1.807) is 12.5 Å². The van der Waals surface area contributed by atoms with Gasteiger partial charge in [-0.2, -0.15) is 4.98 Å². The molecule has 0 unspecified atom stereocenters. The Bertz CT molecular complexity index is 1120. The molecular formula is C35H60N6O4. The lowest BCUT2D eigenvalue weighted by atomic mass is 10.1. The fraction of sp³-hybridized carbons (Fsp3) is 0.743. The van der Waals surface area contributed by atoms with Crippen LogP contribution in [0.1, 0.15) is 130 Å². The number of hydrogen-bond donors (Lipinski definition) is 2. The van der Waals surface area contributed by atoms with E-state index >= 15 is 0 Å². The average molecular weight is 629 g/mol. The molecule has 0 aliphatic rings. The third kappa shape index (κ3) is 16.8. The molecule has 0 aliphatic heterocycles. The molecule has 10 heteroatoms. The van der Waals surface area contributed by atoms with E-state index in [-0.39, 0.29) is 37.0 Å². The van der Waals surface area contributed by atoms with Crippen LogP contribution in [0.15, 0.2) is 24.7 Å². The highest BCUT2D eigenvalue weighted by molar-refractivity contribution is 5.75. The van der Waals surface area contributed by atoms with Crippen molar-refractivity contribution in [1.29, 1.82) is 0 Å². The Labute approximate surface area is 271 Å². The number of unbranched alkanes of at least 4 members (excludes halogenated alkanes) is 13. The number of esters is 2. The van der Waals surface area contributed by atoms with Crippen LogP contribution in [-0.2, 0) is 25.6 Å². The number of carbonyl (C=O) groups excluding carboxylic acids is 2. The normalized spacial score (nSPS) is 13.1. The number of rotatable bonds is 26. The summed E-state index contributed by atoms with van der Waals surface area (Å²) < 4.78 is 12.9. The van der Waals surface area contributed by atoms with Crippen molar-refractivity contribution in [3.63, 3.8) is 0 Å². The zero-order valence-electron chi connectivity index (χ0n) is 28.3. The summed E-state index contributed by atoms with van der Waals surface area (Å²) >= 11 is 0. The van der Waals surface area contributed by atoms with Crippen LogP contribution in [0, 0.1) is 11.8 Å². The quantitative estimate of drug-likeness (QED) is 0.0621. The Morgan fingerprint density at radius 3 is 2.16 bits per heavy atom. The molecule has 0 amide bonds. The van der Waals surface area contributed by atoms with Crippen LogP contribution < -0.4 is 11.5 Å². The number of ether oxygens (including phenoxy) is 2. The van der Waals surface area contributed by atoms with Gasteiger partial charge in [-0.15, -0.1) is 0 Å². The SMILES string of the molecule is CCCCCCCC/C=C/CCCCCCCCCC(=O)OC[C@H](CCOC(=O)[C@@H](N)C(C)C)Cn1cnc2cnc(N)nc21. The minimum absolute atomic E-state index is 0.0106. The lowest BCUT2D eigenvalue weighted by Crippen LogP contribution is -2.37. The number of allylic oxidation sites excluding steroid dienone is 2. The van der Waals surface area contributed by atoms with E-state index in [1.165, 1.54) is 77.0 Å². The molecule has 2 aromatic heterocycles. The summed E-state index contributed by atoms with van der Waals surface area (Å²) in [6, 6.07) is -0.666. The summed E-state index contributed by atoms with van der Waals surface area (Å²) in [4.78, 5) is 37.4. The molecule has 0 spiro atoms. The average Bonchev–Trinajstić information content (AvgIpc) is 3.41. The monoisotopic (exact) mass is 628 g/mol. The van der Waals surface area contributed by atoms with Gasteiger partial charge in [0.15, 0.2) is 5.65 Å². The molecule has 2 atom stereocenters.